The summed E-state index contributed by atoms with van der Waals surface area (Å²) in [7, 11) is -3.57. The van der Waals surface area contributed by atoms with Crippen molar-refractivity contribution in [3.8, 4) is 0 Å². The van der Waals surface area contributed by atoms with E-state index in [-0.39, 0.29) is 4.90 Å². The number of benzene rings is 1. The van der Waals surface area contributed by atoms with Crippen LogP contribution < -0.4 is 0 Å². The highest BCUT2D eigenvalue weighted by atomic mass is 32.2. The molecule has 0 fully saturated rings. The molecule has 2 rings (SSSR count). The molecule has 0 bridgehead atoms. The van der Waals surface area contributed by atoms with E-state index in [1.165, 1.54) is 16.2 Å². The van der Waals surface area contributed by atoms with E-state index in [1.807, 2.05) is 0 Å². The molecule has 2 aromatic rings. The van der Waals surface area contributed by atoms with Crippen LogP contribution in [0, 0.1) is 0 Å². The van der Waals surface area contributed by atoms with Crippen LogP contribution in [-0.2, 0) is 10.0 Å². The molecule has 0 unspecified atom stereocenters. The van der Waals surface area contributed by atoms with Gasteiger partial charge in [-0.05, 0) is 24.3 Å². The molecule has 0 spiro atoms. The van der Waals surface area contributed by atoms with Crippen molar-refractivity contribution >= 4 is 22.2 Å². The molecule has 0 amide bonds. The lowest BCUT2D eigenvalue weighted by molar-refractivity contribution is 0.587. The van der Waals surface area contributed by atoms with E-state index >= 15 is 0 Å². The van der Waals surface area contributed by atoms with Crippen molar-refractivity contribution in [2.75, 3.05) is 0 Å². The minimum absolute atomic E-state index is 0.249. The Balaban J connectivity index is 2.66. The van der Waals surface area contributed by atoms with Gasteiger partial charge in [-0.25, -0.2) is 12.4 Å². The summed E-state index contributed by atoms with van der Waals surface area (Å²) < 4.78 is 26.1. The molecule has 0 aliphatic heterocycles. The van der Waals surface area contributed by atoms with E-state index in [1.54, 1.807) is 42.5 Å². The summed E-state index contributed by atoms with van der Waals surface area (Å²) in [6.45, 7) is 7.30. The van der Waals surface area contributed by atoms with Crippen LogP contribution in [0.5, 0.6) is 0 Å². The number of rotatable bonds is 4. The number of nitrogens with zero attached hydrogens (tertiary/aromatic N) is 1. The molecule has 0 atom stereocenters. The normalized spacial score (nSPS) is 11.1. The second kappa shape index (κ2) is 4.66. The standard InChI is InChI=1S/C14H13NO2S/c1-3-12-10-11-15(14(12)4-2)18(16,17)13-8-6-5-7-9-13/h3-11H,1-2H2. The SMILES string of the molecule is C=Cc1ccn(S(=O)(=O)c2ccccc2)c1C=C. The van der Waals surface area contributed by atoms with Crippen molar-refractivity contribution in [1.29, 1.82) is 0 Å². The van der Waals surface area contributed by atoms with Gasteiger partial charge in [0.2, 0.25) is 0 Å². The van der Waals surface area contributed by atoms with Crippen LogP contribution in [0.15, 0.2) is 60.6 Å². The number of hydrogen-bond acceptors (Lipinski definition) is 2. The summed E-state index contributed by atoms with van der Waals surface area (Å²) in [4.78, 5) is 0.249. The van der Waals surface area contributed by atoms with E-state index in [0.717, 1.165) is 5.56 Å². The second-order valence-corrected chi connectivity index (χ2v) is 5.49. The van der Waals surface area contributed by atoms with Gasteiger partial charge in [0.1, 0.15) is 0 Å². The van der Waals surface area contributed by atoms with E-state index in [4.69, 9.17) is 0 Å². The summed E-state index contributed by atoms with van der Waals surface area (Å²) >= 11 is 0. The Morgan fingerprint density at radius 2 is 1.67 bits per heavy atom. The summed E-state index contributed by atoms with van der Waals surface area (Å²) in [6, 6.07) is 9.99. The molecule has 0 saturated heterocycles. The topological polar surface area (TPSA) is 39.1 Å². The van der Waals surface area contributed by atoms with Crippen LogP contribution in [0.25, 0.3) is 12.2 Å². The number of aromatic nitrogens is 1. The molecular formula is C14H13NO2S. The third kappa shape index (κ3) is 1.91. The highest BCUT2D eigenvalue weighted by Gasteiger charge is 2.19. The first-order valence-electron chi connectivity index (χ1n) is 5.38. The average molecular weight is 259 g/mol. The molecule has 0 aliphatic carbocycles. The van der Waals surface area contributed by atoms with Crippen LogP contribution in [0.3, 0.4) is 0 Å². The molecule has 0 radical (unpaired) electrons. The molecule has 3 nitrogen and oxygen atoms in total. The molecule has 1 heterocycles. The van der Waals surface area contributed by atoms with Gasteiger partial charge in [0.05, 0.1) is 10.6 Å². The first kappa shape index (κ1) is 12.4. The predicted molar refractivity (Wildman–Crippen MR) is 73.6 cm³/mol. The Morgan fingerprint density at radius 3 is 2.22 bits per heavy atom. The van der Waals surface area contributed by atoms with Crippen LogP contribution >= 0.6 is 0 Å². The molecular weight excluding hydrogens is 246 g/mol. The van der Waals surface area contributed by atoms with Gasteiger partial charge in [0, 0.05) is 11.8 Å². The lowest BCUT2D eigenvalue weighted by Gasteiger charge is -2.08. The van der Waals surface area contributed by atoms with Gasteiger partial charge < -0.3 is 0 Å². The third-order valence-electron chi connectivity index (χ3n) is 2.64. The minimum atomic E-state index is -3.57. The van der Waals surface area contributed by atoms with Crippen molar-refractivity contribution < 1.29 is 8.42 Å². The summed E-state index contributed by atoms with van der Waals surface area (Å²) in [5, 5.41) is 0. The zero-order valence-electron chi connectivity index (χ0n) is 9.78. The molecule has 1 aromatic heterocycles. The summed E-state index contributed by atoms with van der Waals surface area (Å²) in [5.74, 6) is 0. The maximum Gasteiger partial charge on any atom is 0.268 e. The monoisotopic (exact) mass is 259 g/mol. The van der Waals surface area contributed by atoms with Gasteiger partial charge in [0.25, 0.3) is 10.0 Å². The fourth-order valence-corrected chi connectivity index (χ4v) is 3.13. The summed E-state index contributed by atoms with van der Waals surface area (Å²) in [6.07, 6.45) is 4.63. The van der Waals surface area contributed by atoms with E-state index in [0.29, 0.717) is 5.69 Å². The molecule has 0 N–H and O–H groups in total. The third-order valence-corrected chi connectivity index (χ3v) is 4.34. The van der Waals surface area contributed by atoms with Gasteiger partial charge in [-0.3, -0.25) is 0 Å². The molecule has 4 heteroatoms. The molecule has 92 valence electrons. The zero-order valence-corrected chi connectivity index (χ0v) is 10.6. The van der Waals surface area contributed by atoms with Crippen molar-refractivity contribution in [3.63, 3.8) is 0 Å². The smallest absolute Gasteiger partial charge is 0.241 e. The first-order valence-corrected chi connectivity index (χ1v) is 6.82. The maximum atomic E-state index is 12.4. The largest absolute Gasteiger partial charge is 0.268 e. The van der Waals surface area contributed by atoms with E-state index in [2.05, 4.69) is 13.2 Å². The Labute approximate surface area is 107 Å². The van der Waals surface area contributed by atoms with Crippen molar-refractivity contribution in [1.82, 2.24) is 3.97 Å². The van der Waals surface area contributed by atoms with Crippen molar-refractivity contribution in [2.45, 2.75) is 4.90 Å². The van der Waals surface area contributed by atoms with E-state index in [9.17, 15) is 8.42 Å². The van der Waals surface area contributed by atoms with Crippen molar-refractivity contribution in [2.24, 2.45) is 0 Å². The quantitative estimate of drug-likeness (QED) is 0.846. The first-order chi connectivity index (χ1) is 8.61. The average Bonchev–Trinajstić information content (AvgIpc) is 2.83. The van der Waals surface area contributed by atoms with Crippen LogP contribution in [0.1, 0.15) is 11.3 Å². The lowest BCUT2D eigenvalue weighted by atomic mass is 10.2. The Morgan fingerprint density at radius 1 is 1.00 bits per heavy atom. The molecule has 18 heavy (non-hydrogen) atoms. The Bertz CT molecular complexity index is 682. The fourth-order valence-electron chi connectivity index (χ4n) is 1.74. The zero-order chi connectivity index (χ0) is 13.2. The maximum absolute atomic E-state index is 12.4. The highest BCUT2D eigenvalue weighted by molar-refractivity contribution is 7.90. The second-order valence-electron chi connectivity index (χ2n) is 3.68. The number of hydrogen-bond donors (Lipinski definition) is 0. The fraction of sp³-hybridized carbons (Fsp3) is 0. The lowest BCUT2D eigenvalue weighted by Crippen LogP contribution is -2.13. The van der Waals surface area contributed by atoms with Crippen molar-refractivity contribution in [3.05, 3.63) is 67.0 Å². The van der Waals surface area contributed by atoms with Crippen LogP contribution in [0.4, 0.5) is 0 Å². The van der Waals surface area contributed by atoms with Gasteiger partial charge in [-0.15, -0.1) is 0 Å². The van der Waals surface area contributed by atoms with Gasteiger partial charge in [0.15, 0.2) is 0 Å². The Hall–Kier alpha value is -2.07. The summed E-state index contributed by atoms with van der Waals surface area (Å²) in [5.41, 5.74) is 1.26. The van der Waals surface area contributed by atoms with Crippen LogP contribution in [-0.4, -0.2) is 12.4 Å². The minimum Gasteiger partial charge on any atom is -0.241 e. The van der Waals surface area contributed by atoms with E-state index < -0.39 is 10.0 Å². The van der Waals surface area contributed by atoms with Crippen LogP contribution in [0.2, 0.25) is 0 Å². The molecule has 0 saturated carbocycles. The predicted octanol–water partition coefficient (Wildman–Crippen LogP) is 3.01. The van der Waals surface area contributed by atoms with Gasteiger partial charge >= 0.3 is 0 Å². The highest BCUT2D eigenvalue weighted by Crippen LogP contribution is 2.21. The molecule has 0 aliphatic rings. The van der Waals surface area contributed by atoms with Gasteiger partial charge in [-0.2, -0.15) is 0 Å². The molecule has 1 aromatic carbocycles. The Kier molecular flexibility index (Phi) is 3.21. The van der Waals surface area contributed by atoms with Gasteiger partial charge in [-0.1, -0.05) is 37.4 Å².